The zero-order valence-electron chi connectivity index (χ0n) is 18.2. The lowest BCUT2D eigenvalue weighted by atomic mass is 9.82. The lowest BCUT2D eigenvalue weighted by Crippen LogP contribution is -2.63. The molecule has 1 heterocycles. The molecule has 0 spiro atoms. The second-order valence-corrected chi connectivity index (χ2v) is 9.58. The fraction of sp³-hybridized carbons (Fsp3) is 0.462. The minimum atomic E-state index is -0.937. The number of fused-ring (bicyclic) bond motifs is 1. The molecule has 0 saturated heterocycles. The number of benzene rings is 2. The number of hydrogen-bond donors (Lipinski definition) is 1. The number of nitrogens with one attached hydrogen (secondary N) is 1. The summed E-state index contributed by atoms with van der Waals surface area (Å²) in [6, 6.07) is 15.3. The largest absolute Gasteiger partial charge is 0.351 e. The van der Waals surface area contributed by atoms with Gasteiger partial charge in [0.2, 0.25) is 5.91 Å². The Hall–Kier alpha value is -2.33. The summed E-state index contributed by atoms with van der Waals surface area (Å²) >= 11 is 6.05. The predicted molar refractivity (Wildman–Crippen MR) is 124 cm³/mol. The van der Waals surface area contributed by atoms with Crippen LogP contribution in [0.2, 0.25) is 5.02 Å². The quantitative estimate of drug-likeness (QED) is 0.682. The number of rotatable bonds is 4. The zero-order valence-corrected chi connectivity index (χ0v) is 19.0. The molecule has 4 rings (SSSR count). The second kappa shape index (κ2) is 9.44. The number of nitrogens with zero attached hydrogens (tertiary/aromatic N) is 1. The molecular formula is C26H31ClN2O2. The number of hydrogen-bond acceptors (Lipinski definition) is 2. The van der Waals surface area contributed by atoms with E-state index in [0.717, 1.165) is 36.8 Å². The highest BCUT2D eigenvalue weighted by atomic mass is 35.5. The van der Waals surface area contributed by atoms with Crippen LogP contribution in [0.25, 0.3) is 0 Å². The fourth-order valence-corrected chi connectivity index (χ4v) is 5.01. The van der Waals surface area contributed by atoms with Gasteiger partial charge in [-0.05, 0) is 49.1 Å². The molecule has 0 bridgehead atoms. The Morgan fingerprint density at radius 1 is 1.03 bits per heavy atom. The van der Waals surface area contributed by atoms with Crippen molar-refractivity contribution in [2.45, 2.75) is 76.4 Å². The molecule has 1 aliphatic carbocycles. The molecule has 5 heteroatoms. The van der Waals surface area contributed by atoms with E-state index in [0.29, 0.717) is 23.6 Å². The molecule has 1 aliphatic heterocycles. The molecule has 2 aliphatic rings. The third kappa shape index (κ3) is 4.79. The first-order chi connectivity index (χ1) is 15.0. The Kier molecular flexibility index (Phi) is 6.66. The van der Waals surface area contributed by atoms with E-state index in [2.05, 4.69) is 5.32 Å². The van der Waals surface area contributed by atoms with E-state index < -0.39 is 5.54 Å². The van der Waals surface area contributed by atoms with Gasteiger partial charge in [-0.1, -0.05) is 74.0 Å². The van der Waals surface area contributed by atoms with Crippen LogP contribution in [0.1, 0.15) is 73.4 Å². The van der Waals surface area contributed by atoms with Gasteiger partial charge in [0.05, 0.1) is 0 Å². The molecule has 0 aromatic heterocycles. The van der Waals surface area contributed by atoms with Crippen LogP contribution in [0, 0.1) is 0 Å². The van der Waals surface area contributed by atoms with E-state index in [1.165, 1.54) is 19.3 Å². The van der Waals surface area contributed by atoms with Crippen LogP contribution in [-0.4, -0.2) is 28.3 Å². The lowest BCUT2D eigenvalue weighted by Gasteiger charge is -2.44. The van der Waals surface area contributed by atoms with Gasteiger partial charge >= 0.3 is 0 Å². The predicted octanol–water partition coefficient (Wildman–Crippen LogP) is 5.53. The standard InChI is InChI=1S/C26H31ClN2O2/c1-26(25(31)28-22-10-5-3-2-4-6-11-22)17-20-9-7-8-12-23(20)24(30)29(26)18-19-13-15-21(27)16-14-19/h7-9,12-16,22H,2-6,10-11,17-18H2,1H3,(H,28,31). The van der Waals surface area contributed by atoms with Crippen molar-refractivity contribution in [3.8, 4) is 0 Å². The molecular weight excluding hydrogens is 408 g/mol. The van der Waals surface area contributed by atoms with Crippen molar-refractivity contribution in [1.82, 2.24) is 10.2 Å². The van der Waals surface area contributed by atoms with Gasteiger partial charge in [0.25, 0.3) is 5.91 Å². The van der Waals surface area contributed by atoms with Gasteiger partial charge < -0.3 is 10.2 Å². The van der Waals surface area contributed by atoms with E-state index in [4.69, 9.17) is 11.6 Å². The van der Waals surface area contributed by atoms with Gasteiger partial charge in [-0.15, -0.1) is 0 Å². The molecule has 1 unspecified atom stereocenters. The lowest BCUT2D eigenvalue weighted by molar-refractivity contribution is -0.132. The molecule has 1 atom stereocenters. The van der Waals surface area contributed by atoms with Crippen molar-refractivity contribution >= 4 is 23.4 Å². The molecule has 164 valence electrons. The van der Waals surface area contributed by atoms with Gasteiger partial charge in [0.15, 0.2) is 0 Å². The monoisotopic (exact) mass is 438 g/mol. The van der Waals surface area contributed by atoms with Crippen molar-refractivity contribution in [3.05, 3.63) is 70.2 Å². The summed E-state index contributed by atoms with van der Waals surface area (Å²) in [4.78, 5) is 28.9. The second-order valence-electron chi connectivity index (χ2n) is 9.14. The highest BCUT2D eigenvalue weighted by molar-refractivity contribution is 6.30. The normalized spacial score (nSPS) is 22.4. The SMILES string of the molecule is CC1(C(=O)NC2CCCCCCC2)Cc2ccccc2C(=O)N1Cc1ccc(Cl)cc1. The van der Waals surface area contributed by atoms with Gasteiger partial charge in [0.1, 0.15) is 5.54 Å². The summed E-state index contributed by atoms with van der Waals surface area (Å²) in [7, 11) is 0. The smallest absolute Gasteiger partial charge is 0.255 e. The molecule has 2 amide bonds. The van der Waals surface area contributed by atoms with Crippen LogP contribution in [-0.2, 0) is 17.8 Å². The van der Waals surface area contributed by atoms with Gasteiger partial charge in [-0.3, -0.25) is 9.59 Å². The van der Waals surface area contributed by atoms with Crippen molar-refractivity contribution < 1.29 is 9.59 Å². The van der Waals surface area contributed by atoms with Crippen molar-refractivity contribution in [3.63, 3.8) is 0 Å². The van der Waals surface area contributed by atoms with Crippen LogP contribution in [0.4, 0.5) is 0 Å². The summed E-state index contributed by atoms with van der Waals surface area (Å²) in [5.74, 6) is -0.137. The van der Waals surface area contributed by atoms with Crippen LogP contribution < -0.4 is 5.32 Å². The van der Waals surface area contributed by atoms with E-state index in [-0.39, 0.29) is 17.9 Å². The molecule has 1 saturated carbocycles. The number of carbonyl (C=O) groups is 2. The zero-order chi connectivity index (χ0) is 21.8. The molecule has 1 fully saturated rings. The molecule has 31 heavy (non-hydrogen) atoms. The summed E-state index contributed by atoms with van der Waals surface area (Å²) in [6.45, 7) is 2.29. The van der Waals surface area contributed by atoms with E-state index in [9.17, 15) is 9.59 Å². The molecule has 1 N–H and O–H groups in total. The Morgan fingerprint density at radius 3 is 2.39 bits per heavy atom. The minimum Gasteiger partial charge on any atom is -0.351 e. The Bertz CT molecular complexity index is 935. The van der Waals surface area contributed by atoms with Crippen LogP contribution in [0.3, 0.4) is 0 Å². The average Bonchev–Trinajstić information content (AvgIpc) is 2.74. The van der Waals surface area contributed by atoms with Crippen LogP contribution in [0.5, 0.6) is 0 Å². The maximum Gasteiger partial charge on any atom is 0.255 e. The maximum atomic E-state index is 13.7. The topological polar surface area (TPSA) is 49.4 Å². The Morgan fingerprint density at radius 2 is 1.68 bits per heavy atom. The first kappa shape index (κ1) is 21.9. The van der Waals surface area contributed by atoms with E-state index in [1.807, 2.05) is 55.5 Å². The van der Waals surface area contributed by atoms with Crippen LogP contribution >= 0.6 is 11.6 Å². The van der Waals surface area contributed by atoms with Gasteiger partial charge in [0, 0.05) is 29.6 Å². The summed E-state index contributed by atoms with van der Waals surface area (Å²) in [5, 5.41) is 3.98. The number of amides is 2. The maximum absolute atomic E-state index is 13.7. The molecule has 0 radical (unpaired) electrons. The number of carbonyl (C=O) groups excluding carboxylic acids is 2. The van der Waals surface area contributed by atoms with Crippen molar-refractivity contribution in [2.24, 2.45) is 0 Å². The highest BCUT2D eigenvalue weighted by Gasteiger charge is 2.47. The molecule has 2 aromatic carbocycles. The van der Waals surface area contributed by atoms with Gasteiger partial charge in [-0.2, -0.15) is 0 Å². The van der Waals surface area contributed by atoms with Crippen LogP contribution in [0.15, 0.2) is 48.5 Å². The van der Waals surface area contributed by atoms with Crippen molar-refractivity contribution in [1.29, 1.82) is 0 Å². The molecule has 4 nitrogen and oxygen atoms in total. The average molecular weight is 439 g/mol. The fourth-order valence-electron chi connectivity index (χ4n) is 4.88. The first-order valence-electron chi connectivity index (χ1n) is 11.4. The first-order valence-corrected chi connectivity index (χ1v) is 11.8. The third-order valence-corrected chi connectivity index (χ3v) is 7.06. The summed E-state index contributed by atoms with van der Waals surface area (Å²) < 4.78 is 0. The highest BCUT2D eigenvalue weighted by Crippen LogP contribution is 2.33. The van der Waals surface area contributed by atoms with Gasteiger partial charge in [-0.25, -0.2) is 0 Å². The Balaban J connectivity index is 1.62. The minimum absolute atomic E-state index is 0.0464. The number of halogens is 1. The third-order valence-electron chi connectivity index (χ3n) is 6.81. The molecule has 2 aromatic rings. The summed E-state index contributed by atoms with van der Waals surface area (Å²) in [5.41, 5.74) is 1.65. The van der Waals surface area contributed by atoms with Crippen molar-refractivity contribution in [2.75, 3.05) is 0 Å². The van der Waals surface area contributed by atoms with E-state index >= 15 is 0 Å². The van der Waals surface area contributed by atoms with E-state index in [1.54, 1.807) is 4.90 Å². The summed E-state index contributed by atoms with van der Waals surface area (Å²) in [6.07, 6.45) is 8.61. The Labute approximate surface area is 190 Å².